The first-order chi connectivity index (χ1) is 13.1. The van der Waals surface area contributed by atoms with Gasteiger partial charge in [-0.05, 0) is 49.6 Å². The van der Waals surface area contributed by atoms with E-state index >= 15 is 0 Å². The Kier molecular flexibility index (Phi) is 5.80. The van der Waals surface area contributed by atoms with Crippen LogP contribution in [0.2, 0.25) is 0 Å². The second-order valence-electron chi connectivity index (χ2n) is 6.39. The smallest absolute Gasteiger partial charge is 0.267 e. The Balaban J connectivity index is 1.73. The molecule has 7 heteroatoms. The molecule has 0 radical (unpaired) electrons. The Hall–Kier alpha value is -3.22. The maximum atomic E-state index is 12.6. The third-order valence-corrected chi connectivity index (χ3v) is 4.34. The van der Waals surface area contributed by atoms with Crippen LogP contribution in [0.3, 0.4) is 0 Å². The fraction of sp³-hybridized carbons (Fsp3) is 0.300. The van der Waals surface area contributed by atoms with E-state index in [-0.39, 0.29) is 11.5 Å². The van der Waals surface area contributed by atoms with Gasteiger partial charge in [0, 0.05) is 24.1 Å². The van der Waals surface area contributed by atoms with Gasteiger partial charge in [0.25, 0.3) is 5.56 Å². The molecule has 2 aromatic heterocycles. The summed E-state index contributed by atoms with van der Waals surface area (Å²) in [7, 11) is 0. The van der Waals surface area contributed by atoms with Crippen molar-refractivity contribution in [2.45, 2.75) is 39.2 Å². The van der Waals surface area contributed by atoms with Crippen molar-refractivity contribution in [1.82, 2.24) is 19.6 Å². The van der Waals surface area contributed by atoms with Gasteiger partial charge < -0.3 is 5.32 Å². The average Bonchev–Trinajstić information content (AvgIpc) is 3.22. The number of carbonyl (C=O) groups is 1. The van der Waals surface area contributed by atoms with E-state index in [4.69, 9.17) is 0 Å². The van der Waals surface area contributed by atoms with Gasteiger partial charge in [-0.1, -0.05) is 25.5 Å². The van der Waals surface area contributed by atoms with Crippen LogP contribution < -0.4 is 10.9 Å². The van der Waals surface area contributed by atoms with E-state index in [2.05, 4.69) is 22.4 Å². The van der Waals surface area contributed by atoms with Gasteiger partial charge in [-0.3, -0.25) is 9.59 Å². The second kappa shape index (κ2) is 8.44. The van der Waals surface area contributed by atoms with E-state index < -0.39 is 6.04 Å². The maximum Gasteiger partial charge on any atom is 0.267 e. The van der Waals surface area contributed by atoms with Gasteiger partial charge in [0.05, 0.1) is 0 Å². The molecule has 1 unspecified atom stereocenters. The molecule has 0 spiro atoms. The van der Waals surface area contributed by atoms with Crippen LogP contribution in [-0.2, 0) is 11.2 Å². The summed E-state index contributed by atoms with van der Waals surface area (Å²) in [5.41, 5.74) is 1.60. The van der Waals surface area contributed by atoms with Crippen LogP contribution in [0.15, 0.2) is 59.7 Å². The fourth-order valence-electron chi connectivity index (χ4n) is 2.71. The number of rotatable bonds is 7. The van der Waals surface area contributed by atoms with E-state index in [1.54, 1.807) is 31.5 Å². The molecule has 0 aliphatic rings. The number of hydrogen-bond donors (Lipinski definition) is 1. The number of nitrogens with one attached hydrogen (secondary N) is 1. The molecule has 7 nitrogen and oxygen atoms in total. The van der Waals surface area contributed by atoms with Crippen LogP contribution in [0.4, 0.5) is 5.69 Å². The van der Waals surface area contributed by atoms with Crippen LogP contribution >= 0.6 is 0 Å². The van der Waals surface area contributed by atoms with Gasteiger partial charge in [-0.2, -0.15) is 5.10 Å². The monoisotopic (exact) mass is 365 g/mol. The molecule has 0 fully saturated rings. The zero-order valence-corrected chi connectivity index (χ0v) is 15.5. The summed E-state index contributed by atoms with van der Waals surface area (Å²) >= 11 is 0. The van der Waals surface area contributed by atoms with Gasteiger partial charge in [-0.15, -0.1) is 5.10 Å². The van der Waals surface area contributed by atoms with Crippen LogP contribution in [0.1, 0.15) is 38.3 Å². The van der Waals surface area contributed by atoms with E-state index in [1.807, 2.05) is 24.3 Å². The maximum absolute atomic E-state index is 12.6. The van der Waals surface area contributed by atoms with Crippen LogP contribution in [-0.4, -0.2) is 25.5 Å². The van der Waals surface area contributed by atoms with Crippen LogP contribution in [0.5, 0.6) is 0 Å². The lowest BCUT2D eigenvalue weighted by Crippen LogP contribution is -2.33. The van der Waals surface area contributed by atoms with Crippen molar-refractivity contribution in [3.05, 3.63) is 70.8 Å². The van der Waals surface area contributed by atoms with Crippen molar-refractivity contribution >= 4 is 11.6 Å². The highest BCUT2D eigenvalue weighted by molar-refractivity contribution is 5.93. The minimum Gasteiger partial charge on any atom is -0.324 e. The first-order valence-corrected chi connectivity index (χ1v) is 9.08. The van der Waals surface area contributed by atoms with E-state index in [1.165, 1.54) is 21.0 Å². The van der Waals surface area contributed by atoms with Crippen LogP contribution in [0.25, 0.3) is 5.82 Å². The zero-order chi connectivity index (χ0) is 19.2. The van der Waals surface area contributed by atoms with Crippen molar-refractivity contribution in [3.63, 3.8) is 0 Å². The topological polar surface area (TPSA) is 81.8 Å². The summed E-state index contributed by atoms with van der Waals surface area (Å²) in [4.78, 5) is 24.8. The lowest BCUT2D eigenvalue weighted by Gasteiger charge is -2.15. The van der Waals surface area contributed by atoms with E-state index in [0.717, 1.165) is 19.3 Å². The Morgan fingerprint density at radius 3 is 2.63 bits per heavy atom. The normalized spacial score (nSPS) is 11.9. The molecule has 2 heterocycles. The van der Waals surface area contributed by atoms with Crippen LogP contribution in [0, 0.1) is 0 Å². The minimum absolute atomic E-state index is 0.302. The number of unbranched alkanes of at least 4 members (excludes halogenated alkanes) is 1. The largest absolute Gasteiger partial charge is 0.324 e. The summed E-state index contributed by atoms with van der Waals surface area (Å²) in [5.74, 6) is 0.169. The number of carbonyl (C=O) groups excluding carboxylic acids is 1. The molecular weight excluding hydrogens is 342 g/mol. The predicted molar refractivity (Wildman–Crippen MR) is 104 cm³/mol. The van der Waals surface area contributed by atoms with Crippen molar-refractivity contribution in [1.29, 1.82) is 0 Å². The molecule has 27 heavy (non-hydrogen) atoms. The van der Waals surface area contributed by atoms with Gasteiger partial charge in [0.2, 0.25) is 5.91 Å². The van der Waals surface area contributed by atoms with Crippen molar-refractivity contribution in [3.8, 4) is 5.82 Å². The number of amides is 1. The molecular formula is C20H23N5O2. The van der Waals surface area contributed by atoms with Gasteiger partial charge in [0.1, 0.15) is 6.04 Å². The van der Waals surface area contributed by atoms with Crippen molar-refractivity contribution in [2.75, 3.05) is 5.32 Å². The highest BCUT2D eigenvalue weighted by Gasteiger charge is 2.18. The molecule has 1 aromatic carbocycles. The lowest BCUT2D eigenvalue weighted by atomic mass is 10.1. The summed E-state index contributed by atoms with van der Waals surface area (Å²) in [5, 5.41) is 11.2. The highest BCUT2D eigenvalue weighted by Crippen LogP contribution is 2.14. The molecule has 0 aliphatic heterocycles. The number of anilines is 1. The van der Waals surface area contributed by atoms with Crippen molar-refractivity contribution < 1.29 is 4.79 Å². The molecule has 3 aromatic rings. The number of hydrogen-bond acceptors (Lipinski definition) is 4. The molecule has 1 amide bonds. The van der Waals surface area contributed by atoms with Gasteiger partial charge in [0.15, 0.2) is 5.82 Å². The predicted octanol–water partition coefficient (Wildman–Crippen LogP) is 2.97. The molecule has 0 saturated carbocycles. The molecule has 140 valence electrons. The fourth-order valence-corrected chi connectivity index (χ4v) is 2.71. The molecule has 0 saturated heterocycles. The Morgan fingerprint density at radius 1 is 1.19 bits per heavy atom. The Bertz CT molecular complexity index is 945. The zero-order valence-electron chi connectivity index (χ0n) is 15.5. The molecule has 0 bridgehead atoms. The molecule has 1 atom stereocenters. The summed E-state index contributed by atoms with van der Waals surface area (Å²) in [6.45, 7) is 3.81. The van der Waals surface area contributed by atoms with Gasteiger partial charge >= 0.3 is 0 Å². The van der Waals surface area contributed by atoms with Gasteiger partial charge in [-0.25, -0.2) is 9.36 Å². The highest BCUT2D eigenvalue weighted by atomic mass is 16.2. The summed E-state index contributed by atoms with van der Waals surface area (Å²) in [6.07, 6.45) is 6.67. The Morgan fingerprint density at radius 2 is 1.96 bits per heavy atom. The number of aromatic nitrogens is 4. The lowest BCUT2D eigenvalue weighted by molar-refractivity contribution is -0.119. The number of benzene rings is 1. The molecule has 3 rings (SSSR count). The summed E-state index contributed by atoms with van der Waals surface area (Å²) in [6, 6.07) is 11.8. The quantitative estimate of drug-likeness (QED) is 0.698. The number of nitrogens with zero attached hydrogens (tertiary/aromatic N) is 4. The Labute approximate surface area is 157 Å². The SMILES string of the molecule is CCCCc1ccc(NC(=O)C(C)n2nc(-n3cccn3)ccc2=O)cc1. The summed E-state index contributed by atoms with van der Waals surface area (Å²) < 4.78 is 2.71. The van der Waals surface area contributed by atoms with Crippen molar-refractivity contribution in [2.24, 2.45) is 0 Å². The van der Waals surface area contributed by atoms with E-state index in [0.29, 0.717) is 11.5 Å². The minimum atomic E-state index is -0.757. The third-order valence-electron chi connectivity index (χ3n) is 4.34. The third kappa shape index (κ3) is 4.49. The van der Waals surface area contributed by atoms with E-state index in [9.17, 15) is 9.59 Å². The average molecular weight is 365 g/mol. The first kappa shape index (κ1) is 18.6. The standard InChI is InChI=1S/C20H23N5O2/c1-3-4-6-16-7-9-17(10-8-16)22-20(27)15(2)25-19(26)12-11-18(23-25)24-14-5-13-21-24/h5,7-15H,3-4,6H2,1-2H3,(H,22,27). The number of aryl methyl sites for hydroxylation is 1. The molecule has 1 N–H and O–H groups in total. The second-order valence-corrected chi connectivity index (χ2v) is 6.39. The molecule has 0 aliphatic carbocycles. The first-order valence-electron chi connectivity index (χ1n) is 9.08.